The van der Waals surface area contributed by atoms with E-state index >= 15 is 0 Å². The first-order valence-corrected chi connectivity index (χ1v) is 8.31. The summed E-state index contributed by atoms with van der Waals surface area (Å²) < 4.78 is 0. The van der Waals surface area contributed by atoms with Crippen LogP contribution in [0.2, 0.25) is 0 Å². The third-order valence-electron chi connectivity index (χ3n) is 5.18. The minimum absolute atomic E-state index is 0.156. The third-order valence-corrected chi connectivity index (χ3v) is 5.18. The van der Waals surface area contributed by atoms with Gasteiger partial charge in [-0.15, -0.1) is 5.10 Å². The van der Waals surface area contributed by atoms with Gasteiger partial charge in [0.15, 0.2) is 11.6 Å². The number of anilines is 2. The number of rotatable bonds is 3. The number of nitrogens with zero attached hydrogens (tertiary/aromatic N) is 3. The summed E-state index contributed by atoms with van der Waals surface area (Å²) in [6.45, 7) is 4.48. The van der Waals surface area contributed by atoms with Crippen LogP contribution in [-0.4, -0.2) is 20.4 Å². The average Bonchev–Trinajstić information content (AvgIpc) is 3.20. The molecule has 1 fully saturated rings. The molecule has 2 aliphatic rings. The summed E-state index contributed by atoms with van der Waals surface area (Å²) in [6.07, 6.45) is 7.44. The molecule has 0 atom stereocenters. The van der Waals surface area contributed by atoms with Gasteiger partial charge in [0.2, 0.25) is 0 Å². The van der Waals surface area contributed by atoms with E-state index in [2.05, 4.69) is 51.7 Å². The van der Waals surface area contributed by atoms with E-state index in [1.54, 1.807) is 0 Å². The molecular weight excluding hydrogens is 274 g/mol. The van der Waals surface area contributed by atoms with Crippen LogP contribution in [0.1, 0.15) is 68.8 Å². The van der Waals surface area contributed by atoms with Crippen molar-refractivity contribution in [3.8, 4) is 0 Å². The topological polar surface area (TPSA) is 66.5 Å². The minimum atomic E-state index is 0.156. The molecule has 2 aromatic heterocycles. The van der Waals surface area contributed by atoms with Crippen molar-refractivity contribution < 1.29 is 0 Å². The lowest BCUT2D eigenvalue weighted by Gasteiger charge is -2.16. The Morgan fingerprint density at radius 3 is 2.77 bits per heavy atom. The van der Waals surface area contributed by atoms with Crippen LogP contribution >= 0.6 is 0 Å². The van der Waals surface area contributed by atoms with Crippen LogP contribution in [0.15, 0.2) is 12.1 Å². The zero-order valence-corrected chi connectivity index (χ0v) is 13.3. The van der Waals surface area contributed by atoms with Gasteiger partial charge in [0, 0.05) is 23.1 Å². The zero-order valence-electron chi connectivity index (χ0n) is 13.3. The predicted octanol–water partition coefficient (Wildman–Crippen LogP) is 3.82. The molecular formula is C17H23N5. The van der Waals surface area contributed by atoms with E-state index in [0.717, 1.165) is 30.2 Å². The maximum absolute atomic E-state index is 4.44. The fourth-order valence-electron chi connectivity index (χ4n) is 3.80. The molecule has 0 amide bonds. The first-order chi connectivity index (χ1) is 10.6. The van der Waals surface area contributed by atoms with Crippen molar-refractivity contribution in [2.75, 3.05) is 5.32 Å². The van der Waals surface area contributed by atoms with Crippen LogP contribution in [0.25, 0.3) is 0 Å². The average molecular weight is 297 g/mol. The van der Waals surface area contributed by atoms with E-state index in [1.165, 1.54) is 36.9 Å². The summed E-state index contributed by atoms with van der Waals surface area (Å²) in [5.74, 6) is 2.28. The van der Waals surface area contributed by atoms with Crippen molar-refractivity contribution in [3.63, 3.8) is 0 Å². The molecule has 1 saturated carbocycles. The maximum Gasteiger partial charge on any atom is 0.154 e. The van der Waals surface area contributed by atoms with E-state index in [-0.39, 0.29) is 5.41 Å². The summed E-state index contributed by atoms with van der Waals surface area (Å²) in [4.78, 5) is 0. The zero-order chi connectivity index (χ0) is 15.2. The van der Waals surface area contributed by atoms with Crippen LogP contribution in [0.3, 0.4) is 0 Å². The highest BCUT2D eigenvalue weighted by Crippen LogP contribution is 2.37. The van der Waals surface area contributed by atoms with Crippen molar-refractivity contribution in [3.05, 3.63) is 29.1 Å². The van der Waals surface area contributed by atoms with Crippen LogP contribution < -0.4 is 5.32 Å². The quantitative estimate of drug-likeness (QED) is 0.903. The van der Waals surface area contributed by atoms with Gasteiger partial charge in [-0.05, 0) is 37.3 Å². The molecule has 2 heterocycles. The SMILES string of the molecule is CC1(C)CCc2cc(Nc3cc(C4CCCC4)[nH]n3)nnc21. The second-order valence-electron chi connectivity index (χ2n) is 7.30. The van der Waals surface area contributed by atoms with E-state index in [9.17, 15) is 0 Å². The molecule has 0 saturated heterocycles. The van der Waals surface area contributed by atoms with Gasteiger partial charge in [0.25, 0.3) is 0 Å². The molecule has 0 unspecified atom stereocenters. The van der Waals surface area contributed by atoms with Crippen molar-refractivity contribution in [1.82, 2.24) is 20.4 Å². The Labute approximate surface area is 130 Å². The smallest absolute Gasteiger partial charge is 0.154 e. The monoisotopic (exact) mass is 297 g/mol. The van der Waals surface area contributed by atoms with Gasteiger partial charge >= 0.3 is 0 Å². The summed E-state index contributed by atoms with van der Waals surface area (Å²) in [5, 5.41) is 19.6. The van der Waals surface area contributed by atoms with E-state index < -0.39 is 0 Å². The maximum atomic E-state index is 4.44. The van der Waals surface area contributed by atoms with Crippen molar-refractivity contribution >= 4 is 11.6 Å². The minimum Gasteiger partial charge on any atom is -0.322 e. The van der Waals surface area contributed by atoms with Crippen molar-refractivity contribution in [2.24, 2.45) is 0 Å². The Hall–Kier alpha value is -1.91. The fourth-order valence-corrected chi connectivity index (χ4v) is 3.80. The number of aromatic amines is 1. The highest BCUT2D eigenvalue weighted by Gasteiger charge is 2.32. The van der Waals surface area contributed by atoms with Crippen LogP contribution in [-0.2, 0) is 11.8 Å². The first-order valence-electron chi connectivity index (χ1n) is 8.31. The Kier molecular flexibility index (Phi) is 3.17. The molecule has 22 heavy (non-hydrogen) atoms. The Bertz CT molecular complexity index is 682. The Balaban J connectivity index is 1.52. The van der Waals surface area contributed by atoms with Gasteiger partial charge < -0.3 is 5.32 Å². The van der Waals surface area contributed by atoms with E-state index in [4.69, 9.17) is 0 Å². The first kappa shape index (κ1) is 13.7. The second-order valence-corrected chi connectivity index (χ2v) is 7.30. The molecule has 5 heteroatoms. The van der Waals surface area contributed by atoms with Gasteiger partial charge in [-0.2, -0.15) is 10.2 Å². The molecule has 0 aliphatic heterocycles. The number of nitrogens with one attached hydrogen (secondary N) is 2. The van der Waals surface area contributed by atoms with Gasteiger partial charge in [-0.3, -0.25) is 5.10 Å². The molecule has 116 valence electrons. The van der Waals surface area contributed by atoms with Crippen LogP contribution in [0.4, 0.5) is 11.6 Å². The summed E-state index contributed by atoms with van der Waals surface area (Å²) >= 11 is 0. The molecule has 2 aromatic rings. The van der Waals surface area contributed by atoms with E-state index in [1.807, 2.05) is 0 Å². The number of hydrogen-bond acceptors (Lipinski definition) is 4. The van der Waals surface area contributed by atoms with Crippen LogP contribution in [0, 0.1) is 0 Å². The Morgan fingerprint density at radius 2 is 1.95 bits per heavy atom. The molecule has 4 rings (SSSR count). The largest absolute Gasteiger partial charge is 0.322 e. The molecule has 2 aliphatic carbocycles. The predicted molar refractivity (Wildman–Crippen MR) is 86.5 cm³/mol. The number of H-pyrrole nitrogens is 1. The van der Waals surface area contributed by atoms with Gasteiger partial charge in [0.05, 0.1) is 5.69 Å². The van der Waals surface area contributed by atoms with Gasteiger partial charge in [0.1, 0.15) is 0 Å². The normalized spacial score (nSPS) is 20.3. The highest BCUT2D eigenvalue weighted by molar-refractivity contribution is 5.53. The molecule has 0 radical (unpaired) electrons. The molecule has 2 N–H and O–H groups in total. The summed E-state index contributed by atoms with van der Waals surface area (Å²) in [6, 6.07) is 4.25. The van der Waals surface area contributed by atoms with Gasteiger partial charge in [-0.25, -0.2) is 0 Å². The summed E-state index contributed by atoms with van der Waals surface area (Å²) in [5.41, 5.74) is 3.86. The second kappa shape index (κ2) is 5.07. The third kappa shape index (κ3) is 2.38. The fraction of sp³-hybridized carbons (Fsp3) is 0.588. The van der Waals surface area contributed by atoms with Crippen LogP contribution in [0.5, 0.6) is 0 Å². The standard InChI is InChI=1S/C17H23N5/c1-17(2)8-7-12-9-14(21-22-16(12)17)18-15-10-13(19-20-15)11-5-3-4-6-11/h9-11H,3-8H2,1-2H3,(H2,18,19,20,21). The molecule has 0 spiro atoms. The molecule has 5 nitrogen and oxygen atoms in total. The lowest BCUT2D eigenvalue weighted by atomic mass is 9.91. The number of aromatic nitrogens is 4. The van der Waals surface area contributed by atoms with Gasteiger partial charge in [-0.1, -0.05) is 26.7 Å². The lowest BCUT2D eigenvalue weighted by Crippen LogP contribution is -2.14. The van der Waals surface area contributed by atoms with E-state index in [0.29, 0.717) is 5.92 Å². The molecule has 0 bridgehead atoms. The lowest BCUT2D eigenvalue weighted by molar-refractivity contribution is 0.504. The van der Waals surface area contributed by atoms with Crippen molar-refractivity contribution in [2.45, 2.75) is 63.7 Å². The number of aryl methyl sites for hydroxylation is 1. The summed E-state index contributed by atoms with van der Waals surface area (Å²) in [7, 11) is 0. The Morgan fingerprint density at radius 1 is 1.14 bits per heavy atom. The highest BCUT2D eigenvalue weighted by atomic mass is 15.2. The number of fused-ring (bicyclic) bond motifs is 1. The molecule has 0 aromatic carbocycles. The number of hydrogen-bond donors (Lipinski definition) is 2. The van der Waals surface area contributed by atoms with Crippen molar-refractivity contribution in [1.29, 1.82) is 0 Å².